The van der Waals surface area contributed by atoms with Gasteiger partial charge in [-0.15, -0.1) is 0 Å². The standard InChI is InChI=1S/C20H21FN4O/c1-3-17(13-4-7-15(21)8-5-13)24-20-12-23-11-18(25-20)14-6-9-16(22)19(10-14)26-2/h4-12,17H,3,22H2,1-2H3,(H,24,25). The molecule has 1 atom stereocenters. The van der Waals surface area contributed by atoms with Gasteiger partial charge < -0.3 is 15.8 Å². The molecule has 5 nitrogen and oxygen atoms in total. The van der Waals surface area contributed by atoms with Gasteiger partial charge in [0.1, 0.15) is 17.4 Å². The van der Waals surface area contributed by atoms with Crippen LogP contribution in [0.15, 0.2) is 54.9 Å². The minimum atomic E-state index is -0.248. The van der Waals surface area contributed by atoms with E-state index in [4.69, 9.17) is 10.5 Å². The molecule has 0 spiro atoms. The third-order valence-electron chi connectivity index (χ3n) is 4.17. The molecular weight excluding hydrogens is 331 g/mol. The number of halogens is 1. The second kappa shape index (κ2) is 7.82. The molecule has 0 aliphatic rings. The maximum absolute atomic E-state index is 13.1. The van der Waals surface area contributed by atoms with Gasteiger partial charge in [-0.2, -0.15) is 0 Å². The largest absolute Gasteiger partial charge is 0.495 e. The zero-order valence-corrected chi connectivity index (χ0v) is 14.7. The van der Waals surface area contributed by atoms with Crippen LogP contribution < -0.4 is 15.8 Å². The number of methoxy groups -OCH3 is 1. The molecule has 0 saturated heterocycles. The van der Waals surface area contributed by atoms with Crippen LogP contribution in [0.5, 0.6) is 5.75 Å². The third-order valence-corrected chi connectivity index (χ3v) is 4.17. The van der Waals surface area contributed by atoms with Gasteiger partial charge in [0.15, 0.2) is 0 Å². The van der Waals surface area contributed by atoms with Crippen molar-refractivity contribution >= 4 is 11.5 Å². The Morgan fingerprint density at radius 2 is 1.92 bits per heavy atom. The number of ether oxygens (including phenoxy) is 1. The number of nitrogens with two attached hydrogens (primary N) is 1. The predicted molar refractivity (Wildman–Crippen MR) is 101 cm³/mol. The lowest BCUT2D eigenvalue weighted by atomic mass is 10.0. The monoisotopic (exact) mass is 352 g/mol. The van der Waals surface area contributed by atoms with Crippen LogP contribution in [0.2, 0.25) is 0 Å². The average Bonchev–Trinajstić information content (AvgIpc) is 2.67. The first kappa shape index (κ1) is 17.7. The van der Waals surface area contributed by atoms with Crippen LogP contribution in [0.4, 0.5) is 15.9 Å². The Labute approximate surface area is 152 Å². The molecule has 0 aliphatic heterocycles. The summed E-state index contributed by atoms with van der Waals surface area (Å²) < 4.78 is 18.4. The summed E-state index contributed by atoms with van der Waals surface area (Å²) >= 11 is 0. The molecule has 0 fully saturated rings. The van der Waals surface area contributed by atoms with Crippen molar-refractivity contribution in [2.45, 2.75) is 19.4 Å². The molecule has 1 aromatic heterocycles. The molecule has 0 amide bonds. The van der Waals surface area contributed by atoms with E-state index in [1.165, 1.54) is 12.1 Å². The van der Waals surface area contributed by atoms with Crippen LogP contribution >= 0.6 is 0 Å². The molecule has 1 heterocycles. The summed E-state index contributed by atoms with van der Waals surface area (Å²) in [5, 5.41) is 3.36. The molecule has 3 N–H and O–H groups in total. The Bertz CT molecular complexity index is 883. The highest BCUT2D eigenvalue weighted by atomic mass is 19.1. The predicted octanol–water partition coefficient (Wildman–Crippen LogP) is 4.44. The van der Waals surface area contributed by atoms with E-state index in [9.17, 15) is 4.39 Å². The maximum Gasteiger partial charge on any atom is 0.145 e. The summed E-state index contributed by atoms with van der Waals surface area (Å²) in [6.45, 7) is 2.06. The Kier molecular flexibility index (Phi) is 5.31. The lowest BCUT2D eigenvalue weighted by Gasteiger charge is -2.18. The smallest absolute Gasteiger partial charge is 0.145 e. The van der Waals surface area contributed by atoms with Gasteiger partial charge in [0.25, 0.3) is 0 Å². The molecule has 6 heteroatoms. The highest BCUT2D eigenvalue weighted by Gasteiger charge is 2.12. The summed E-state index contributed by atoms with van der Waals surface area (Å²) in [6.07, 6.45) is 4.19. The molecule has 3 aromatic rings. The van der Waals surface area contributed by atoms with E-state index >= 15 is 0 Å². The van der Waals surface area contributed by atoms with Crippen molar-refractivity contribution in [3.8, 4) is 17.0 Å². The van der Waals surface area contributed by atoms with E-state index in [1.807, 2.05) is 12.1 Å². The van der Waals surface area contributed by atoms with E-state index in [-0.39, 0.29) is 11.9 Å². The second-order valence-corrected chi connectivity index (χ2v) is 5.90. The first-order valence-corrected chi connectivity index (χ1v) is 8.38. The lowest BCUT2D eigenvalue weighted by Crippen LogP contribution is -2.11. The van der Waals surface area contributed by atoms with Gasteiger partial charge in [0, 0.05) is 5.56 Å². The van der Waals surface area contributed by atoms with Crippen molar-refractivity contribution in [2.24, 2.45) is 0 Å². The van der Waals surface area contributed by atoms with Crippen molar-refractivity contribution in [3.63, 3.8) is 0 Å². The van der Waals surface area contributed by atoms with Crippen molar-refractivity contribution in [1.82, 2.24) is 9.97 Å². The fourth-order valence-electron chi connectivity index (χ4n) is 2.74. The normalized spacial score (nSPS) is 11.8. The van der Waals surface area contributed by atoms with Crippen LogP contribution in [0.25, 0.3) is 11.3 Å². The molecule has 0 bridgehead atoms. The van der Waals surface area contributed by atoms with Crippen LogP contribution in [-0.4, -0.2) is 17.1 Å². The number of hydrogen-bond acceptors (Lipinski definition) is 5. The van der Waals surface area contributed by atoms with Crippen LogP contribution in [-0.2, 0) is 0 Å². The number of anilines is 2. The van der Waals surface area contributed by atoms with E-state index in [0.29, 0.717) is 22.9 Å². The van der Waals surface area contributed by atoms with Gasteiger partial charge in [-0.25, -0.2) is 9.37 Å². The molecule has 2 aromatic carbocycles. The summed E-state index contributed by atoms with van der Waals surface area (Å²) in [7, 11) is 1.58. The molecular formula is C20H21FN4O. The zero-order valence-electron chi connectivity index (χ0n) is 14.7. The molecule has 3 rings (SSSR count). The van der Waals surface area contributed by atoms with E-state index in [0.717, 1.165) is 17.5 Å². The van der Waals surface area contributed by atoms with Crippen LogP contribution in [0.1, 0.15) is 24.9 Å². The van der Waals surface area contributed by atoms with E-state index in [1.54, 1.807) is 37.7 Å². The van der Waals surface area contributed by atoms with Crippen molar-refractivity contribution in [1.29, 1.82) is 0 Å². The number of nitrogens with zero attached hydrogens (tertiary/aromatic N) is 2. The summed E-state index contributed by atoms with van der Waals surface area (Å²) in [5.74, 6) is 0.998. The molecule has 0 radical (unpaired) electrons. The highest BCUT2D eigenvalue weighted by Crippen LogP contribution is 2.28. The number of nitrogen functional groups attached to an aromatic ring is 1. The Morgan fingerprint density at radius 3 is 2.62 bits per heavy atom. The first-order valence-electron chi connectivity index (χ1n) is 8.38. The topological polar surface area (TPSA) is 73.1 Å². The molecule has 0 saturated carbocycles. The second-order valence-electron chi connectivity index (χ2n) is 5.90. The summed E-state index contributed by atoms with van der Waals surface area (Å²) in [5.41, 5.74) is 9.01. The van der Waals surface area contributed by atoms with E-state index < -0.39 is 0 Å². The minimum Gasteiger partial charge on any atom is -0.495 e. The Morgan fingerprint density at radius 1 is 1.15 bits per heavy atom. The SMILES string of the molecule is CCC(Nc1cncc(-c2ccc(N)c(OC)c2)n1)c1ccc(F)cc1. The van der Waals surface area contributed by atoms with Crippen molar-refractivity contribution in [3.05, 3.63) is 66.2 Å². The van der Waals surface area contributed by atoms with E-state index in [2.05, 4.69) is 22.2 Å². The quantitative estimate of drug-likeness (QED) is 0.642. The van der Waals surface area contributed by atoms with Gasteiger partial charge in [-0.3, -0.25) is 4.98 Å². The number of hydrogen-bond donors (Lipinski definition) is 2. The number of benzene rings is 2. The van der Waals surface area contributed by atoms with Crippen molar-refractivity contribution in [2.75, 3.05) is 18.2 Å². The highest BCUT2D eigenvalue weighted by molar-refractivity contribution is 5.67. The average molecular weight is 352 g/mol. The van der Waals surface area contributed by atoms with Gasteiger partial charge in [-0.05, 0) is 36.2 Å². The molecule has 0 aliphatic carbocycles. The minimum absolute atomic E-state index is 0.0149. The Hall–Kier alpha value is -3.15. The lowest BCUT2D eigenvalue weighted by molar-refractivity contribution is 0.417. The fourth-order valence-corrected chi connectivity index (χ4v) is 2.74. The Balaban J connectivity index is 1.85. The summed E-state index contributed by atoms with van der Waals surface area (Å²) in [6, 6.07) is 12.0. The van der Waals surface area contributed by atoms with Gasteiger partial charge >= 0.3 is 0 Å². The van der Waals surface area contributed by atoms with Gasteiger partial charge in [0.2, 0.25) is 0 Å². The molecule has 26 heavy (non-hydrogen) atoms. The first-order chi connectivity index (χ1) is 12.6. The number of aromatic nitrogens is 2. The molecule has 1 unspecified atom stereocenters. The summed E-state index contributed by atoms with van der Waals surface area (Å²) in [4.78, 5) is 8.91. The van der Waals surface area contributed by atoms with Gasteiger partial charge in [0.05, 0.1) is 36.9 Å². The zero-order chi connectivity index (χ0) is 18.5. The van der Waals surface area contributed by atoms with Crippen molar-refractivity contribution < 1.29 is 9.13 Å². The van der Waals surface area contributed by atoms with Gasteiger partial charge in [-0.1, -0.05) is 25.1 Å². The third kappa shape index (κ3) is 3.91. The van der Waals surface area contributed by atoms with Crippen LogP contribution in [0, 0.1) is 5.82 Å². The fraction of sp³-hybridized carbons (Fsp3) is 0.200. The molecule has 134 valence electrons. The number of rotatable bonds is 6. The van der Waals surface area contributed by atoms with Crippen LogP contribution in [0.3, 0.4) is 0 Å². The maximum atomic E-state index is 13.1. The number of nitrogens with one attached hydrogen (secondary N) is 1.